The van der Waals surface area contributed by atoms with Crippen LogP contribution in [0.3, 0.4) is 0 Å². The van der Waals surface area contributed by atoms with Gasteiger partial charge in [0, 0.05) is 12.7 Å². The second-order valence-corrected chi connectivity index (χ2v) is 2.21. The van der Waals surface area contributed by atoms with Gasteiger partial charge in [0.1, 0.15) is 5.15 Å². The molecule has 0 amide bonds. The van der Waals surface area contributed by atoms with Crippen LogP contribution in [0.25, 0.3) is 0 Å². The summed E-state index contributed by atoms with van der Waals surface area (Å²) in [6, 6.07) is 3.47. The Bertz CT molecular complexity index is 199. The molecule has 0 unspecified atom stereocenters. The maximum Gasteiger partial charge on any atom is 0.129 e. The molecule has 0 aromatic carbocycles. The standard InChI is InChI=1S/C6H7ClN2O/c7-6-2-1-5(3-8-6)4-9-10/h1-3,9-10H,4H2. The summed E-state index contributed by atoms with van der Waals surface area (Å²) in [5.74, 6) is 0. The smallest absolute Gasteiger partial charge is 0.129 e. The summed E-state index contributed by atoms with van der Waals surface area (Å²) in [5.41, 5.74) is 2.92. The van der Waals surface area contributed by atoms with Crippen molar-refractivity contribution in [2.45, 2.75) is 6.54 Å². The number of nitrogens with one attached hydrogen (secondary N) is 1. The fourth-order valence-electron chi connectivity index (χ4n) is 0.602. The van der Waals surface area contributed by atoms with Crippen LogP contribution in [0.2, 0.25) is 5.15 Å². The van der Waals surface area contributed by atoms with E-state index in [9.17, 15) is 0 Å². The van der Waals surface area contributed by atoms with Gasteiger partial charge in [0.05, 0.1) is 0 Å². The molecule has 0 aliphatic carbocycles. The quantitative estimate of drug-likeness (QED) is 0.503. The predicted molar refractivity (Wildman–Crippen MR) is 37.9 cm³/mol. The van der Waals surface area contributed by atoms with Gasteiger partial charge in [-0.1, -0.05) is 17.7 Å². The Labute approximate surface area is 63.6 Å². The molecule has 2 N–H and O–H groups in total. The molecule has 10 heavy (non-hydrogen) atoms. The molecule has 0 aliphatic rings. The monoisotopic (exact) mass is 158 g/mol. The zero-order valence-corrected chi connectivity index (χ0v) is 5.97. The molecule has 0 spiro atoms. The van der Waals surface area contributed by atoms with Crippen molar-refractivity contribution in [1.29, 1.82) is 0 Å². The first-order valence-electron chi connectivity index (χ1n) is 2.80. The summed E-state index contributed by atoms with van der Waals surface area (Å²) in [7, 11) is 0. The van der Waals surface area contributed by atoms with E-state index in [0.717, 1.165) is 5.56 Å². The van der Waals surface area contributed by atoms with Crippen LogP contribution >= 0.6 is 11.6 Å². The minimum Gasteiger partial charge on any atom is -0.316 e. The normalized spacial score (nSPS) is 9.80. The van der Waals surface area contributed by atoms with E-state index in [-0.39, 0.29) is 0 Å². The van der Waals surface area contributed by atoms with Crippen LogP contribution in [0, 0.1) is 0 Å². The third-order valence-corrected chi connectivity index (χ3v) is 1.30. The summed E-state index contributed by atoms with van der Waals surface area (Å²) < 4.78 is 0. The van der Waals surface area contributed by atoms with E-state index in [1.807, 2.05) is 5.48 Å². The Balaban J connectivity index is 2.69. The zero-order chi connectivity index (χ0) is 7.40. The van der Waals surface area contributed by atoms with Crippen molar-refractivity contribution in [3.05, 3.63) is 29.0 Å². The largest absolute Gasteiger partial charge is 0.316 e. The first-order valence-corrected chi connectivity index (χ1v) is 3.18. The van der Waals surface area contributed by atoms with Crippen LogP contribution < -0.4 is 5.48 Å². The highest BCUT2D eigenvalue weighted by atomic mass is 35.5. The van der Waals surface area contributed by atoms with E-state index in [1.54, 1.807) is 18.3 Å². The molecule has 1 rings (SSSR count). The number of aromatic nitrogens is 1. The lowest BCUT2D eigenvalue weighted by Gasteiger charge is -1.96. The molecule has 0 aliphatic heterocycles. The number of hydrogen-bond acceptors (Lipinski definition) is 3. The molecular formula is C6H7ClN2O. The van der Waals surface area contributed by atoms with Crippen molar-refractivity contribution in [3.8, 4) is 0 Å². The predicted octanol–water partition coefficient (Wildman–Crippen LogP) is 1.21. The highest BCUT2D eigenvalue weighted by molar-refractivity contribution is 6.29. The van der Waals surface area contributed by atoms with Crippen molar-refractivity contribution in [2.24, 2.45) is 0 Å². The summed E-state index contributed by atoms with van der Waals surface area (Å²) >= 11 is 5.52. The summed E-state index contributed by atoms with van der Waals surface area (Å²) in [5, 5.41) is 8.74. The molecule has 4 heteroatoms. The Hall–Kier alpha value is -0.640. The maximum absolute atomic E-state index is 8.28. The fourth-order valence-corrected chi connectivity index (χ4v) is 0.714. The van der Waals surface area contributed by atoms with E-state index in [4.69, 9.17) is 16.8 Å². The van der Waals surface area contributed by atoms with Gasteiger partial charge in [-0.05, 0) is 11.6 Å². The minimum atomic E-state index is 0.393. The molecule has 54 valence electrons. The molecule has 3 nitrogen and oxygen atoms in total. The van der Waals surface area contributed by atoms with Gasteiger partial charge in [0.15, 0.2) is 0 Å². The van der Waals surface area contributed by atoms with Crippen LogP contribution in [0.5, 0.6) is 0 Å². The molecule has 0 saturated heterocycles. The van der Waals surface area contributed by atoms with Gasteiger partial charge in [-0.2, -0.15) is 0 Å². The lowest BCUT2D eigenvalue weighted by atomic mass is 10.3. The lowest BCUT2D eigenvalue weighted by molar-refractivity contribution is 0.161. The molecular weight excluding hydrogens is 152 g/mol. The summed E-state index contributed by atoms with van der Waals surface area (Å²) in [6.07, 6.45) is 1.60. The number of pyridine rings is 1. The molecule has 0 radical (unpaired) electrons. The Morgan fingerprint density at radius 2 is 2.40 bits per heavy atom. The third-order valence-electron chi connectivity index (χ3n) is 1.07. The molecule has 1 aromatic heterocycles. The average molecular weight is 159 g/mol. The highest BCUT2D eigenvalue weighted by Gasteiger charge is 1.90. The number of halogens is 1. The molecule has 1 aromatic rings. The molecule has 0 atom stereocenters. The van der Waals surface area contributed by atoms with Crippen molar-refractivity contribution in [2.75, 3.05) is 0 Å². The lowest BCUT2D eigenvalue weighted by Crippen LogP contribution is -2.05. The van der Waals surface area contributed by atoms with Crippen molar-refractivity contribution < 1.29 is 5.21 Å². The highest BCUT2D eigenvalue weighted by Crippen LogP contribution is 2.04. The van der Waals surface area contributed by atoms with Crippen LogP contribution in [-0.4, -0.2) is 10.2 Å². The van der Waals surface area contributed by atoms with Crippen molar-refractivity contribution in [1.82, 2.24) is 10.5 Å². The maximum atomic E-state index is 8.28. The number of hydrogen-bond donors (Lipinski definition) is 2. The van der Waals surface area contributed by atoms with Gasteiger partial charge in [0.2, 0.25) is 0 Å². The number of nitrogens with zero attached hydrogens (tertiary/aromatic N) is 1. The van der Waals surface area contributed by atoms with E-state index >= 15 is 0 Å². The Morgan fingerprint density at radius 3 is 2.90 bits per heavy atom. The average Bonchev–Trinajstić information content (AvgIpc) is 1.95. The Kier molecular flexibility index (Phi) is 2.62. The topological polar surface area (TPSA) is 45.1 Å². The van der Waals surface area contributed by atoms with Gasteiger partial charge in [-0.3, -0.25) is 0 Å². The minimum absolute atomic E-state index is 0.393. The van der Waals surface area contributed by atoms with Crippen molar-refractivity contribution >= 4 is 11.6 Å². The SMILES string of the molecule is ONCc1ccc(Cl)nc1. The first-order chi connectivity index (χ1) is 4.83. The van der Waals surface area contributed by atoms with Gasteiger partial charge < -0.3 is 5.21 Å². The van der Waals surface area contributed by atoms with Gasteiger partial charge in [-0.25, -0.2) is 10.5 Å². The van der Waals surface area contributed by atoms with Gasteiger partial charge >= 0.3 is 0 Å². The third kappa shape index (κ3) is 1.95. The van der Waals surface area contributed by atoms with Crippen LogP contribution in [0.1, 0.15) is 5.56 Å². The fraction of sp³-hybridized carbons (Fsp3) is 0.167. The summed E-state index contributed by atoms with van der Waals surface area (Å²) in [4.78, 5) is 3.81. The van der Waals surface area contributed by atoms with Crippen LogP contribution in [0.4, 0.5) is 0 Å². The Morgan fingerprint density at radius 1 is 1.60 bits per heavy atom. The van der Waals surface area contributed by atoms with E-state index in [2.05, 4.69) is 4.98 Å². The summed E-state index contributed by atoms with van der Waals surface area (Å²) in [6.45, 7) is 0.393. The molecule has 1 heterocycles. The van der Waals surface area contributed by atoms with Gasteiger partial charge in [-0.15, -0.1) is 0 Å². The van der Waals surface area contributed by atoms with Crippen LogP contribution in [0.15, 0.2) is 18.3 Å². The van der Waals surface area contributed by atoms with E-state index in [0.29, 0.717) is 11.7 Å². The zero-order valence-electron chi connectivity index (χ0n) is 5.21. The van der Waals surface area contributed by atoms with Crippen LogP contribution in [-0.2, 0) is 6.54 Å². The second kappa shape index (κ2) is 3.51. The van der Waals surface area contributed by atoms with E-state index < -0.39 is 0 Å². The number of rotatable bonds is 2. The molecule has 0 saturated carbocycles. The molecule has 0 bridgehead atoms. The second-order valence-electron chi connectivity index (χ2n) is 1.82. The molecule has 0 fully saturated rings. The number of hydroxylamine groups is 1. The first kappa shape index (κ1) is 7.47. The van der Waals surface area contributed by atoms with Gasteiger partial charge in [0.25, 0.3) is 0 Å². The van der Waals surface area contributed by atoms with Crippen molar-refractivity contribution in [3.63, 3.8) is 0 Å². The van der Waals surface area contributed by atoms with E-state index in [1.165, 1.54) is 0 Å².